The van der Waals surface area contributed by atoms with E-state index in [-0.39, 0.29) is 11.9 Å². The molecule has 1 N–H and O–H groups in total. The molecule has 120 valence electrons. The molecule has 22 heavy (non-hydrogen) atoms. The number of aromatic nitrogens is 2. The highest BCUT2D eigenvalue weighted by molar-refractivity contribution is 5.76. The Bertz CT molecular complexity index is 653. The highest BCUT2D eigenvalue weighted by Gasteiger charge is 2.27. The minimum atomic E-state index is -0.273. The Kier molecular flexibility index (Phi) is 4.45. The summed E-state index contributed by atoms with van der Waals surface area (Å²) in [5.41, 5.74) is 1.72. The highest BCUT2D eigenvalue weighted by Crippen LogP contribution is 2.25. The molecule has 2 unspecified atom stereocenters. The summed E-state index contributed by atoms with van der Waals surface area (Å²) in [5, 5.41) is 9.65. The summed E-state index contributed by atoms with van der Waals surface area (Å²) in [7, 11) is 0. The molecule has 4 nitrogen and oxygen atoms in total. The van der Waals surface area contributed by atoms with Crippen LogP contribution in [-0.4, -0.2) is 38.2 Å². The first kappa shape index (κ1) is 15.4. The Morgan fingerprint density at radius 1 is 1.45 bits per heavy atom. The van der Waals surface area contributed by atoms with Crippen molar-refractivity contribution in [3.63, 3.8) is 0 Å². The first-order chi connectivity index (χ1) is 10.6. The quantitative estimate of drug-likeness (QED) is 0.923. The molecule has 2 heterocycles. The van der Waals surface area contributed by atoms with Crippen molar-refractivity contribution in [1.82, 2.24) is 14.5 Å². The molecule has 1 aromatic carbocycles. The Balaban J connectivity index is 1.86. The zero-order chi connectivity index (χ0) is 15.7. The van der Waals surface area contributed by atoms with Crippen LogP contribution in [0.15, 0.2) is 18.2 Å². The van der Waals surface area contributed by atoms with E-state index in [0.717, 1.165) is 49.3 Å². The largest absolute Gasteiger partial charge is 0.393 e. The zero-order valence-electron chi connectivity index (χ0n) is 13.3. The molecule has 1 saturated heterocycles. The third-order valence-electron chi connectivity index (χ3n) is 4.56. The lowest BCUT2D eigenvalue weighted by molar-refractivity contribution is 0.129. The van der Waals surface area contributed by atoms with Crippen molar-refractivity contribution < 1.29 is 9.50 Å². The number of aryl methyl sites for hydroxylation is 1. The van der Waals surface area contributed by atoms with Crippen LogP contribution in [-0.2, 0) is 13.1 Å². The van der Waals surface area contributed by atoms with Gasteiger partial charge in [0.2, 0.25) is 0 Å². The van der Waals surface area contributed by atoms with Gasteiger partial charge in [0.25, 0.3) is 0 Å². The number of benzene rings is 1. The van der Waals surface area contributed by atoms with E-state index in [4.69, 9.17) is 0 Å². The molecule has 3 rings (SSSR count). The van der Waals surface area contributed by atoms with E-state index in [1.165, 1.54) is 18.6 Å². The van der Waals surface area contributed by atoms with E-state index in [0.29, 0.717) is 6.04 Å². The topological polar surface area (TPSA) is 41.3 Å². The molecule has 5 heteroatoms. The van der Waals surface area contributed by atoms with Crippen LogP contribution in [0.4, 0.5) is 4.39 Å². The van der Waals surface area contributed by atoms with Gasteiger partial charge >= 0.3 is 0 Å². The van der Waals surface area contributed by atoms with E-state index in [9.17, 15) is 9.50 Å². The van der Waals surface area contributed by atoms with Crippen LogP contribution in [0.1, 0.15) is 38.9 Å². The van der Waals surface area contributed by atoms with Crippen LogP contribution in [0.2, 0.25) is 0 Å². The van der Waals surface area contributed by atoms with Gasteiger partial charge in [-0.05, 0) is 51.8 Å². The van der Waals surface area contributed by atoms with E-state index in [1.54, 1.807) is 0 Å². The molecule has 0 bridgehead atoms. The van der Waals surface area contributed by atoms with Crippen LogP contribution in [0.25, 0.3) is 11.0 Å². The number of imidazole rings is 1. The van der Waals surface area contributed by atoms with E-state index >= 15 is 0 Å². The maximum Gasteiger partial charge on any atom is 0.125 e. The fourth-order valence-corrected chi connectivity index (χ4v) is 3.57. The van der Waals surface area contributed by atoms with Gasteiger partial charge in [-0.3, -0.25) is 4.90 Å². The number of rotatable bonds is 5. The van der Waals surface area contributed by atoms with Gasteiger partial charge in [0.1, 0.15) is 11.6 Å². The molecule has 0 amide bonds. The minimum Gasteiger partial charge on any atom is -0.393 e. The fourth-order valence-electron chi connectivity index (χ4n) is 3.57. The first-order valence-corrected chi connectivity index (χ1v) is 8.15. The molecule has 1 aliphatic heterocycles. The lowest BCUT2D eigenvalue weighted by Crippen LogP contribution is -2.32. The molecule has 1 aliphatic rings. The molecule has 2 atom stereocenters. The van der Waals surface area contributed by atoms with Gasteiger partial charge in [-0.2, -0.15) is 0 Å². The maximum atomic E-state index is 13.4. The number of nitrogens with zero attached hydrogens (tertiary/aromatic N) is 3. The van der Waals surface area contributed by atoms with Crippen molar-refractivity contribution >= 4 is 11.0 Å². The van der Waals surface area contributed by atoms with Gasteiger partial charge in [-0.15, -0.1) is 0 Å². The van der Waals surface area contributed by atoms with Crippen LogP contribution >= 0.6 is 0 Å². The van der Waals surface area contributed by atoms with E-state index < -0.39 is 0 Å². The Morgan fingerprint density at radius 3 is 3.00 bits per heavy atom. The maximum absolute atomic E-state index is 13.4. The molecular formula is C17H24FN3O. The van der Waals surface area contributed by atoms with Crippen molar-refractivity contribution in [1.29, 1.82) is 0 Å². The van der Waals surface area contributed by atoms with Crippen molar-refractivity contribution in [3.8, 4) is 0 Å². The summed E-state index contributed by atoms with van der Waals surface area (Å²) in [6.07, 6.45) is 2.83. The second-order valence-electron chi connectivity index (χ2n) is 6.26. The van der Waals surface area contributed by atoms with Crippen LogP contribution < -0.4 is 0 Å². The average Bonchev–Trinajstić information content (AvgIpc) is 3.02. The summed E-state index contributed by atoms with van der Waals surface area (Å²) in [6, 6.07) is 5.22. The zero-order valence-corrected chi connectivity index (χ0v) is 13.3. The fraction of sp³-hybridized carbons (Fsp3) is 0.588. The lowest BCUT2D eigenvalue weighted by atomic mass is 10.1. The van der Waals surface area contributed by atoms with Crippen LogP contribution in [0.5, 0.6) is 0 Å². The number of aliphatic hydroxyl groups excluding tert-OH is 1. The SMILES string of the molecule is CCn1c(CN2CCCC2CC(C)O)nc2cc(F)ccc21. The number of aliphatic hydroxyl groups is 1. The molecule has 0 saturated carbocycles. The lowest BCUT2D eigenvalue weighted by Gasteiger charge is -2.25. The second-order valence-corrected chi connectivity index (χ2v) is 6.26. The normalized spacial score (nSPS) is 20.8. The highest BCUT2D eigenvalue weighted by atomic mass is 19.1. The van der Waals surface area contributed by atoms with E-state index in [2.05, 4.69) is 21.4 Å². The van der Waals surface area contributed by atoms with E-state index in [1.807, 2.05) is 13.0 Å². The molecule has 1 fully saturated rings. The molecule has 0 aliphatic carbocycles. The van der Waals surface area contributed by atoms with Crippen molar-refractivity contribution in [2.45, 2.75) is 58.3 Å². The third kappa shape index (κ3) is 3.01. The summed E-state index contributed by atoms with van der Waals surface area (Å²) < 4.78 is 15.6. The van der Waals surface area contributed by atoms with Crippen molar-refractivity contribution in [2.24, 2.45) is 0 Å². The smallest absolute Gasteiger partial charge is 0.125 e. The number of hydrogen-bond acceptors (Lipinski definition) is 3. The molecule has 0 radical (unpaired) electrons. The standard InChI is InChI=1S/C17H24FN3O/c1-3-21-16-7-6-13(18)10-15(16)19-17(21)11-20-8-4-5-14(20)9-12(2)22/h6-7,10,12,14,22H,3-5,8-9,11H2,1-2H3. The number of halogens is 1. The third-order valence-corrected chi connectivity index (χ3v) is 4.56. The van der Waals surface area contributed by atoms with Gasteiger partial charge in [0, 0.05) is 18.7 Å². The molecule has 2 aromatic rings. The van der Waals surface area contributed by atoms with Gasteiger partial charge in [0.05, 0.1) is 23.7 Å². The number of fused-ring (bicyclic) bond motifs is 1. The second kappa shape index (κ2) is 6.34. The monoisotopic (exact) mass is 305 g/mol. The van der Waals surface area contributed by atoms with Crippen LogP contribution in [0, 0.1) is 5.82 Å². The summed E-state index contributed by atoms with van der Waals surface area (Å²) in [5.74, 6) is 0.744. The Morgan fingerprint density at radius 2 is 2.27 bits per heavy atom. The number of hydrogen-bond donors (Lipinski definition) is 1. The molecule has 1 aromatic heterocycles. The summed E-state index contributed by atoms with van der Waals surface area (Å²) in [4.78, 5) is 7.04. The summed E-state index contributed by atoms with van der Waals surface area (Å²) in [6.45, 7) is 6.57. The predicted molar refractivity (Wildman–Crippen MR) is 85.1 cm³/mol. The van der Waals surface area contributed by atoms with Gasteiger partial charge < -0.3 is 9.67 Å². The first-order valence-electron chi connectivity index (χ1n) is 8.15. The Hall–Kier alpha value is -1.46. The predicted octanol–water partition coefficient (Wildman–Crippen LogP) is 2.93. The molecule has 0 spiro atoms. The van der Waals surface area contributed by atoms with Gasteiger partial charge in [-0.25, -0.2) is 9.37 Å². The van der Waals surface area contributed by atoms with Crippen LogP contribution in [0.3, 0.4) is 0 Å². The minimum absolute atomic E-state index is 0.243. The molecular weight excluding hydrogens is 281 g/mol. The summed E-state index contributed by atoms with van der Waals surface area (Å²) >= 11 is 0. The number of likely N-dealkylation sites (tertiary alicyclic amines) is 1. The van der Waals surface area contributed by atoms with Gasteiger partial charge in [0.15, 0.2) is 0 Å². The Labute approximate surface area is 130 Å². The average molecular weight is 305 g/mol. The van der Waals surface area contributed by atoms with Gasteiger partial charge in [-0.1, -0.05) is 0 Å². The van der Waals surface area contributed by atoms with Crippen molar-refractivity contribution in [3.05, 3.63) is 29.8 Å². The van der Waals surface area contributed by atoms with Crippen molar-refractivity contribution in [2.75, 3.05) is 6.54 Å².